The van der Waals surface area contributed by atoms with Crippen molar-refractivity contribution in [3.63, 3.8) is 0 Å². The SMILES string of the molecule is Cc1ccc(OC2CCCC(N)(C(=O)O)C2)cc1F. The normalized spacial score (nSPS) is 27.0. The Hall–Kier alpha value is -1.62. The molecule has 3 N–H and O–H groups in total. The number of hydrogen-bond donors (Lipinski definition) is 2. The van der Waals surface area contributed by atoms with Crippen LogP contribution in [0.5, 0.6) is 5.75 Å². The van der Waals surface area contributed by atoms with Crippen LogP contribution in [0.3, 0.4) is 0 Å². The van der Waals surface area contributed by atoms with Crippen molar-refractivity contribution in [3.05, 3.63) is 29.6 Å². The maximum absolute atomic E-state index is 13.4. The first-order valence-electron chi connectivity index (χ1n) is 6.36. The predicted octanol–water partition coefficient (Wildman–Crippen LogP) is 2.24. The van der Waals surface area contributed by atoms with Crippen molar-refractivity contribution in [2.75, 3.05) is 0 Å². The molecule has 0 aromatic heterocycles. The van der Waals surface area contributed by atoms with Crippen LogP contribution in [-0.4, -0.2) is 22.7 Å². The van der Waals surface area contributed by atoms with Crippen molar-refractivity contribution in [2.45, 2.75) is 44.2 Å². The standard InChI is InChI=1S/C14H18FNO3/c1-9-4-5-10(7-12(9)15)19-11-3-2-6-14(16,8-11)13(17)18/h4-5,7,11H,2-3,6,8,16H2,1H3,(H,17,18). The molecule has 0 spiro atoms. The molecule has 5 heteroatoms. The minimum Gasteiger partial charge on any atom is -0.490 e. The average molecular weight is 267 g/mol. The molecule has 4 nitrogen and oxygen atoms in total. The molecular formula is C14H18FNO3. The number of aryl methyl sites for hydroxylation is 1. The fourth-order valence-electron chi connectivity index (χ4n) is 2.39. The van der Waals surface area contributed by atoms with Gasteiger partial charge in [0.05, 0.1) is 0 Å². The quantitative estimate of drug-likeness (QED) is 0.881. The molecule has 1 aromatic carbocycles. The fraction of sp³-hybridized carbons (Fsp3) is 0.500. The molecule has 2 rings (SSSR count). The lowest BCUT2D eigenvalue weighted by Gasteiger charge is -2.34. The molecule has 0 aliphatic heterocycles. The van der Waals surface area contributed by atoms with Gasteiger partial charge in [0, 0.05) is 12.5 Å². The first-order chi connectivity index (χ1) is 8.90. The van der Waals surface area contributed by atoms with Crippen molar-refractivity contribution in [3.8, 4) is 5.75 Å². The Morgan fingerprint density at radius 1 is 1.58 bits per heavy atom. The molecule has 1 aromatic rings. The van der Waals surface area contributed by atoms with Crippen LogP contribution < -0.4 is 10.5 Å². The van der Waals surface area contributed by atoms with Crippen LogP contribution in [0.15, 0.2) is 18.2 Å². The molecule has 0 bridgehead atoms. The minimum absolute atomic E-state index is 0.248. The second kappa shape index (κ2) is 5.17. The zero-order valence-corrected chi connectivity index (χ0v) is 10.9. The summed E-state index contributed by atoms with van der Waals surface area (Å²) < 4.78 is 19.1. The van der Waals surface area contributed by atoms with E-state index in [4.69, 9.17) is 15.6 Å². The van der Waals surface area contributed by atoms with Crippen LogP contribution in [0.4, 0.5) is 4.39 Å². The first kappa shape index (κ1) is 13.8. The zero-order valence-electron chi connectivity index (χ0n) is 10.9. The van der Waals surface area contributed by atoms with E-state index in [9.17, 15) is 9.18 Å². The number of benzene rings is 1. The van der Waals surface area contributed by atoms with Crippen molar-refractivity contribution >= 4 is 5.97 Å². The van der Waals surface area contributed by atoms with Gasteiger partial charge in [0.25, 0.3) is 0 Å². The van der Waals surface area contributed by atoms with Gasteiger partial charge in [-0.05, 0) is 37.8 Å². The molecule has 1 fully saturated rings. The van der Waals surface area contributed by atoms with Crippen molar-refractivity contribution in [2.24, 2.45) is 5.73 Å². The Balaban J connectivity index is 2.06. The van der Waals surface area contributed by atoms with Gasteiger partial charge < -0.3 is 15.6 Å². The lowest BCUT2D eigenvalue weighted by atomic mass is 9.81. The maximum atomic E-state index is 13.4. The molecular weight excluding hydrogens is 249 g/mol. The second-order valence-corrected chi connectivity index (χ2v) is 5.21. The number of carbonyl (C=O) groups is 1. The highest BCUT2D eigenvalue weighted by molar-refractivity contribution is 5.78. The summed E-state index contributed by atoms with van der Waals surface area (Å²) in [5.74, 6) is -0.913. The summed E-state index contributed by atoms with van der Waals surface area (Å²) in [6.07, 6.45) is 1.85. The van der Waals surface area contributed by atoms with Crippen LogP contribution in [0, 0.1) is 12.7 Å². The Labute approximate surface area is 111 Å². The highest BCUT2D eigenvalue weighted by Crippen LogP contribution is 2.30. The van der Waals surface area contributed by atoms with Gasteiger partial charge in [0.2, 0.25) is 0 Å². The van der Waals surface area contributed by atoms with E-state index in [1.807, 2.05) is 0 Å². The van der Waals surface area contributed by atoms with Gasteiger partial charge in [-0.15, -0.1) is 0 Å². The monoisotopic (exact) mass is 267 g/mol. The highest BCUT2D eigenvalue weighted by Gasteiger charge is 2.40. The third kappa shape index (κ3) is 3.04. The van der Waals surface area contributed by atoms with Crippen LogP contribution in [-0.2, 0) is 4.79 Å². The molecule has 0 saturated heterocycles. The summed E-state index contributed by atoms with van der Waals surface area (Å²) in [5.41, 5.74) is 5.17. The van der Waals surface area contributed by atoms with Crippen LogP contribution in [0.1, 0.15) is 31.2 Å². The number of aliphatic carboxylic acids is 1. The van der Waals surface area contributed by atoms with E-state index in [0.717, 1.165) is 6.42 Å². The van der Waals surface area contributed by atoms with E-state index >= 15 is 0 Å². The number of hydrogen-bond acceptors (Lipinski definition) is 3. The molecule has 1 aliphatic carbocycles. The van der Waals surface area contributed by atoms with E-state index in [1.165, 1.54) is 6.07 Å². The van der Waals surface area contributed by atoms with E-state index in [-0.39, 0.29) is 18.3 Å². The third-order valence-electron chi connectivity index (χ3n) is 3.61. The molecule has 1 saturated carbocycles. The van der Waals surface area contributed by atoms with Gasteiger partial charge in [0.1, 0.15) is 23.2 Å². The molecule has 2 atom stereocenters. The summed E-state index contributed by atoms with van der Waals surface area (Å²) in [4.78, 5) is 11.1. The topological polar surface area (TPSA) is 72.5 Å². The molecule has 104 valence electrons. The molecule has 0 amide bonds. The summed E-state index contributed by atoms with van der Waals surface area (Å²) in [6, 6.07) is 4.65. The maximum Gasteiger partial charge on any atom is 0.323 e. The number of halogens is 1. The van der Waals surface area contributed by atoms with Crippen molar-refractivity contribution < 1.29 is 19.0 Å². The lowest BCUT2D eigenvalue weighted by molar-refractivity contribution is -0.145. The average Bonchev–Trinajstić information content (AvgIpc) is 2.34. The number of carboxylic acid groups (broad SMARTS) is 1. The van der Waals surface area contributed by atoms with Crippen LogP contribution in [0.2, 0.25) is 0 Å². The summed E-state index contributed by atoms with van der Waals surface area (Å²) in [7, 11) is 0. The van der Waals surface area contributed by atoms with Crippen molar-refractivity contribution in [1.82, 2.24) is 0 Å². The Bertz CT molecular complexity index is 492. The molecule has 2 unspecified atom stereocenters. The van der Waals surface area contributed by atoms with Gasteiger partial charge in [-0.3, -0.25) is 4.79 Å². The molecule has 19 heavy (non-hydrogen) atoms. The van der Waals surface area contributed by atoms with E-state index in [1.54, 1.807) is 19.1 Å². The lowest BCUT2D eigenvalue weighted by Crippen LogP contribution is -2.53. The zero-order chi connectivity index (χ0) is 14.0. The Morgan fingerprint density at radius 3 is 2.95 bits per heavy atom. The third-order valence-corrected chi connectivity index (χ3v) is 3.61. The van der Waals surface area contributed by atoms with Gasteiger partial charge in [-0.1, -0.05) is 6.07 Å². The fourth-order valence-corrected chi connectivity index (χ4v) is 2.39. The Morgan fingerprint density at radius 2 is 2.32 bits per heavy atom. The highest BCUT2D eigenvalue weighted by atomic mass is 19.1. The van der Waals surface area contributed by atoms with Gasteiger partial charge in [-0.25, -0.2) is 4.39 Å². The van der Waals surface area contributed by atoms with E-state index in [2.05, 4.69) is 0 Å². The number of carboxylic acids is 1. The predicted molar refractivity (Wildman–Crippen MR) is 68.6 cm³/mol. The summed E-state index contributed by atoms with van der Waals surface area (Å²) in [5, 5.41) is 9.12. The van der Waals surface area contributed by atoms with Crippen LogP contribution in [0.25, 0.3) is 0 Å². The first-order valence-corrected chi connectivity index (χ1v) is 6.36. The number of ether oxygens (including phenoxy) is 1. The minimum atomic E-state index is -1.23. The number of nitrogens with two attached hydrogens (primary N) is 1. The smallest absolute Gasteiger partial charge is 0.323 e. The van der Waals surface area contributed by atoms with Gasteiger partial charge >= 0.3 is 5.97 Å². The van der Waals surface area contributed by atoms with Crippen molar-refractivity contribution in [1.29, 1.82) is 0 Å². The van der Waals surface area contributed by atoms with Gasteiger partial charge in [0.15, 0.2) is 0 Å². The molecule has 0 heterocycles. The Kier molecular flexibility index (Phi) is 3.75. The van der Waals surface area contributed by atoms with E-state index in [0.29, 0.717) is 24.2 Å². The van der Waals surface area contributed by atoms with Crippen LogP contribution >= 0.6 is 0 Å². The molecule has 0 radical (unpaired) electrons. The number of rotatable bonds is 3. The summed E-state index contributed by atoms with van der Waals surface area (Å²) in [6.45, 7) is 1.68. The van der Waals surface area contributed by atoms with Gasteiger partial charge in [-0.2, -0.15) is 0 Å². The largest absolute Gasteiger partial charge is 0.490 e. The van der Waals surface area contributed by atoms with E-state index < -0.39 is 11.5 Å². The summed E-state index contributed by atoms with van der Waals surface area (Å²) >= 11 is 0. The second-order valence-electron chi connectivity index (χ2n) is 5.21. The molecule has 1 aliphatic rings.